The predicted octanol–water partition coefficient (Wildman–Crippen LogP) is 5.87. The number of ether oxygens (including phenoxy) is 1. The van der Waals surface area contributed by atoms with Gasteiger partial charge in [-0.25, -0.2) is 0 Å². The second-order valence-electron chi connectivity index (χ2n) is 7.37. The summed E-state index contributed by atoms with van der Waals surface area (Å²) in [5.41, 5.74) is 1.37. The fourth-order valence-corrected chi connectivity index (χ4v) is 2.70. The molecule has 2 nitrogen and oxygen atoms in total. The molecule has 1 aliphatic rings. The highest BCUT2D eigenvalue weighted by atomic mass is 16.6. The van der Waals surface area contributed by atoms with Crippen LogP contribution in [0.15, 0.2) is 49.1 Å². The van der Waals surface area contributed by atoms with Gasteiger partial charge in [-0.15, -0.1) is 6.58 Å². The molecular weight excluding hydrogens is 284 g/mol. The van der Waals surface area contributed by atoms with Crippen molar-refractivity contribution in [3.05, 3.63) is 49.1 Å². The molecule has 0 saturated carbocycles. The summed E-state index contributed by atoms with van der Waals surface area (Å²) in [4.78, 5) is 11.2. The summed E-state index contributed by atoms with van der Waals surface area (Å²) in [6.07, 6.45) is 12.0. The van der Waals surface area contributed by atoms with Crippen LogP contribution < -0.4 is 0 Å². The van der Waals surface area contributed by atoms with Crippen LogP contribution in [0.3, 0.4) is 0 Å². The van der Waals surface area contributed by atoms with Crippen molar-refractivity contribution in [2.75, 3.05) is 6.61 Å². The van der Waals surface area contributed by atoms with Crippen LogP contribution in [-0.2, 0) is 9.53 Å². The van der Waals surface area contributed by atoms with Crippen LogP contribution in [0.2, 0.25) is 0 Å². The van der Waals surface area contributed by atoms with Crippen LogP contribution in [0, 0.1) is 16.7 Å². The Hall–Kier alpha value is -1.57. The molecular formula is C21H34O2. The van der Waals surface area contributed by atoms with E-state index in [-0.39, 0.29) is 22.7 Å². The van der Waals surface area contributed by atoms with Gasteiger partial charge in [-0.3, -0.25) is 4.79 Å². The Labute approximate surface area is 143 Å². The van der Waals surface area contributed by atoms with E-state index < -0.39 is 0 Å². The SMILES string of the molecule is C=C/C(=C\C=C/C)CC.C=CC(C)(C)CC(C)(C)[C@@H]1COC1=O. The molecule has 1 saturated heterocycles. The zero-order chi connectivity index (χ0) is 18.1. The van der Waals surface area contributed by atoms with Gasteiger partial charge >= 0.3 is 5.97 Å². The fraction of sp³-hybridized carbons (Fsp3) is 0.571. The largest absolute Gasteiger partial charge is 0.464 e. The quantitative estimate of drug-likeness (QED) is 0.333. The van der Waals surface area contributed by atoms with Gasteiger partial charge in [0, 0.05) is 0 Å². The molecule has 0 N–H and O–H groups in total. The Kier molecular flexibility index (Phi) is 8.89. The number of hydrogen-bond acceptors (Lipinski definition) is 2. The van der Waals surface area contributed by atoms with Gasteiger partial charge in [0.2, 0.25) is 0 Å². The number of carbonyl (C=O) groups is 1. The Balaban J connectivity index is 0.000000468. The van der Waals surface area contributed by atoms with Crippen molar-refractivity contribution >= 4 is 5.97 Å². The smallest absolute Gasteiger partial charge is 0.312 e. The van der Waals surface area contributed by atoms with Crippen LogP contribution in [0.1, 0.15) is 54.4 Å². The molecule has 0 bridgehead atoms. The van der Waals surface area contributed by atoms with Gasteiger partial charge in [-0.2, -0.15) is 0 Å². The first kappa shape index (κ1) is 21.4. The highest BCUT2D eigenvalue weighted by Crippen LogP contribution is 2.43. The van der Waals surface area contributed by atoms with E-state index >= 15 is 0 Å². The van der Waals surface area contributed by atoms with Gasteiger partial charge in [-0.05, 0) is 36.2 Å². The van der Waals surface area contributed by atoms with Crippen molar-refractivity contribution < 1.29 is 9.53 Å². The molecule has 1 fully saturated rings. The topological polar surface area (TPSA) is 26.3 Å². The van der Waals surface area contributed by atoms with Crippen molar-refractivity contribution in [2.24, 2.45) is 16.7 Å². The molecule has 1 aliphatic heterocycles. The van der Waals surface area contributed by atoms with Crippen molar-refractivity contribution in [1.82, 2.24) is 0 Å². The van der Waals surface area contributed by atoms with E-state index in [1.165, 1.54) is 5.57 Å². The molecule has 0 aromatic heterocycles. The molecule has 0 radical (unpaired) electrons. The van der Waals surface area contributed by atoms with E-state index in [1.807, 2.05) is 31.2 Å². The minimum atomic E-state index is -0.0464. The molecule has 0 amide bonds. The lowest BCUT2D eigenvalue weighted by atomic mass is 9.67. The Morgan fingerprint density at radius 1 is 1.30 bits per heavy atom. The van der Waals surface area contributed by atoms with Gasteiger partial charge in [0.15, 0.2) is 0 Å². The molecule has 130 valence electrons. The van der Waals surface area contributed by atoms with E-state index in [1.54, 1.807) is 0 Å². The molecule has 1 heterocycles. The van der Waals surface area contributed by atoms with Crippen molar-refractivity contribution in [1.29, 1.82) is 0 Å². The van der Waals surface area contributed by atoms with Crippen LogP contribution in [0.25, 0.3) is 0 Å². The van der Waals surface area contributed by atoms with Crippen LogP contribution in [-0.4, -0.2) is 12.6 Å². The van der Waals surface area contributed by atoms with Gasteiger partial charge < -0.3 is 4.74 Å². The van der Waals surface area contributed by atoms with E-state index in [4.69, 9.17) is 4.74 Å². The molecule has 0 aromatic carbocycles. The molecule has 1 atom stereocenters. The van der Waals surface area contributed by atoms with Gasteiger partial charge in [0.1, 0.15) is 6.61 Å². The van der Waals surface area contributed by atoms with Crippen LogP contribution in [0.4, 0.5) is 0 Å². The van der Waals surface area contributed by atoms with E-state index in [0.29, 0.717) is 6.61 Å². The third-order valence-electron chi connectivity index (χ3n) is 4.26. The van der Waals surface area contributed by atoms with Gasteiger partial charge in [0.25, 0.3) is 0 Å². The lowest BCUT2D eigenvalue weighted by molar-refractivity contribution is -0.179. The van der Waals surface area contributed by atoms with Crippen molar-refractivity contribution in [2.45, 2.75) is 54.4 Å². The first-order valence-electron chi connectivity index (χ1n) is 8.38. The molecule has 2 heteroatoms. The van der Waals surface area contributed by atoms with Crippen LogP contribution >= 0.6 is 0 Å². The second-order valence-corrected chi connectivity index (χ2v) is 7.37. The summed E-state index contributed by atoms with van der Waals surface area (Å²) in [7, 11) is 0. The lowest BCUT2D eigenvalue weighted by Crippen LogP contribution is -2.46. The van der Waals surface area contributed by atoms with Crippen molar-refractivity contribution in [3.63, 3.8) is 0 Å². The highest BCUT2D eigenvalue weighted by Gasteiger charge is 2.45. The number of cyclic esters (lactones) is 1. The predicted molar refractivity (Wildman–Crippen MR) is 100 cm³/mol. The Morgan fingerprint density at radius 3 is 2.22 bits per heavy atom. The maximum Gasteiger partial charge on any atom is 0.312 e. The maximum atomic E-state index is 11.2. The summed E-state index contributed by atoms with van der Waals surface area (Å²) in [6, 6.07) is 0. The number of carbonyl (C=O) groups excluding carboxylic acids is 1. The summed E-state index contributed by atoms with van der Waals surface area (Å²) in [5.74, 6) is 0.0246. The number of rotatable bonds is 7. The first-order chi connectivity index (χ1) is 10.6. The number of allylic oxidation sites excluding steroid dienone is 6. The van der Waals surface area contributed by atoms with Gasteiger partial charge in [-0.1, -0.05) is 71.6 Å². The lowest BCUT2D eigenvalue weighted by Gasteiger charge is -2.41. The summed E-state index contributed by atoms with van der Waals surface area (Å²) in [6.45, 7) is 20.8. The molecule has 0 aliphatic carbocycles. The minimum Gasteiger partial charge on any atom is -0.464 e. The zero-order valence-corrected chi connectivity index (χ0v) is 15.8. The summed E-state index contributed by atoms with van der Waals surface area (Å²) >= 11 is 0. The molecule has 0 aromatic rings. The minimum absolute atomic E-state index is 0.00697. The molecule has 0 unspecified atom stereocenters. The standard InChI is InChI=1S/C12H20O2.C9H14/c1-6-11(2,3)8-12(4,5)9-7-14-10(9)13;1-4-7-8-9(5-2)6-3/h6,9H,1,7-8H2,2-5H3;4-5,7-8H,2,6H2,1,3H3/b;7-4-,9-8+/t9-;/m1./s1. The number of hydrogen-bond donors (Lipinski definition) is 0. The number of esters is 1. The first-order valence-corrected chi connectivity index (χ1v) is 8.38. The van der Waals surface area contributed by atoms with E-state index in [2.05, 4.69) is 53.9 Å². The third-order valence-corrected chi connectivity index (χ3v) is 4.26. The highest BCUT2D eigenvalue weighted by molar-refractivity contribution is 5.78. The van der Waals surface area contributed by atoms with E-state index in [9.17, 15) is 4.79 Å². The van der Waals surface area contributed by atoms with Crippen molar-refractivity contribution in [3.8, 4) is 0 Å². The average molecular weight is 319 g/mol. The summed E-state index contributed by atoms with van der Waals surface area (Å²) < 4.78 is 4.81. The molecule has 0 spiro atoms. The second kappa shape index (κ2) is 9.54. The third kappa shape index (κ3) is 7.49. The fourth-order valence-electron chi connectivity index (χ4n) is 2.70. The summed E-state index contributed by atoms with van der Waals surface area (Å²) in [5, 5.41) is 0. The van der Waals surface area contributed by atoms with Gasteiger partial charge in [0.05, 0.1) is 5.92 Å². The molecule has 23 heavy (non-hydrogen) atoms. The average Bonchev–Trinajstić information content (AvgIpc) is 2.46. The van der Waals surface area contributed by atoms with E-state index in [0.717, 1.165) is 12.8 Å². The Bertz CT molecular complexity index is 464. The molecule has 1 rings (SSSR count). The normalized spacial score (nSPS) is 18.6. The van der Waals surface area contributed by atoms with Crippen LogP contribution in [0.5, 0.6) is 0 Å². The monoisotopic (exact) mass is 318 g/mol. The maximum absolute atomic E-state index is 11.2. The zero-order valence-electron chi connectivity index (χ0n) is 15.8. The Morgan fingerprint density at radius 2 is 1.91 bits per heavy atom.